The molecule has 6 heteroatoms. The summed E-state index contributed by atoms with van der Waals surface area (Å²) in [6, 6.07) is 7.79. The third-order valence-corrected chi connectivity index (χ3v) is 4.61. The summed E-state index contributed by atoms with van der Waals surface area (Å²) in [5.74, 6) is 0.419. The van der Waals surface area contributed by atoms with E-state index in [-0.39, 0.29) is 24.2 Å². The monoisotopic (exact) mass is 341 g/mol. The zero-order valence-electron chi connectivity index (χ0n) is 14.8. The minimum absolute atomic E-state index is 0.00733. The highest BCUT2D eigenvalue weighted by Gasteiger charge is 2.36. The first kappa shape index (κ1) is 17.2. The number of rotatable bonds is 5. The Hall–Kier alpha value is -2.63. The molecule has 2 heterocycles. The molecule has 0 saturated carbocycles. The van der Waals surface area contributed by atoms with E-state index in [4.69, 9.17) is 4.52 Å². The number of hydrogen-bond acceptors (Lipinski definition) is 4. The van der Waals surface area contributed by atoms with Gasteiger partial charge >= 0.3 is 0 Å². The van der Waals surface area contributed by atoms with E-state index >= 15 is 0 Å². The highest BCUT2D eigenvalue weighted by molar-refractivity contribution is 6.04. The molecule has 1 N–H and O–H groups in total. The minimum Gasteiger partial charge on any atom is -0.360 e. The van der Waals surface area contributed by atoms with Crippen molar-refractivity contribution in [3.63, 3.8) is 0 Å². The Bertz CT molecular complexity index is 775. The number of para-hydroxylation sites is 1. The molecule has 0 spiro atoms. The van der Waals surface area contributed by atoms with Gasteiger partial charge in [0.1, 0.15) is 5.76 Å². The van der Waals surface area contributed by atoms with Gasteiger partial charge in [0, 0.05) is 24.7 Å². The molecule has 25 heavy (non-hydrogen) atoms. The number of hydrogen-bond donors (Lipinski definition) is 1. The van der Waals surface area contributed by atoms with E-state index in [0.717, 1.165) is 29.7 Å². The number of carbonyl (C=O) groups is 2. The maximum Gasteiger partial charge on any atom is 0.231 e. The number of aryl methyl sites for hydroxylation is 3. The van der Waals surface area contributed by atoms with Crippen molar-refractivity contribution in [3.8, 4) is 0 Å². The molecule has 1 atom stereocenters. The van der Waals surface area contributed by atoms with Crippen molar-refractivity contribution in [2.24, 2.45) is 5.92 Å². The molecule has 2 aromatic rings. The van der Waals surface area contributed by atoms with Crippen molar-refractivity contribution in [1.29, 1.82) is 0 Å². The smallest absolute Gasteiger partial charge is 0.231 e. The average molecular weight is 341 g/mol. The summed E-state index contributed by atoms with van der Waals surface area (Å²) < 4.78 is 4.96. The molecule has 0 radical (unpaired) electrons. The topological polar surface area (TPSA) is 75.4 Å². The summed E-state index contributed by atoms with van der Waals surface area (Å²) in [5, 5.41) is 6.50. The van der Waals surface area contributed by atoms with Crippen molar-refractivity contribution in [3.05, 3.63) is 41.2 Å². The van der Waals surface area contributed by atoms with Crippen LogP contribution in [0.4, 0.5) is 11.5 Å². The molecule has 1 aliphatic rings. The third-order valence-electron chi connectivity index (χ3n) is 4.61. The quantitative estimate of drug-likeness (QED) is 0.907. The lowest BCUT2D eigenvalue weighted by molar-refractivity contribution is -0.122. The second kappa shape index (κ2) is 7.09. The summed E-state index contributed by atoms with van der Waals surface area (Å²) >= 11 is 0. The molecular weight excluding hydrogens is 318 g/mol. The lowest BCUT2D eigenvalue weighted by atomic mass is 10.0. The first-order valence-electron chi connectivity index (χ1n) is 8.68. The maximum atomic E-state index is 12.6. The Morgan fingerprint density at radius 1 is 1.32 bits per heavy atom. The van der Waals surface area contributed by atoms with Crippen LogP contribution in [-0.4, -0.2) is 23.5 Å². The van der Waals surface area contributed by atoms with E-state index in [0.29, 0.717) is 18.1 Å². The Labute approximate surface area is 147 Å². The number of benzene rings is 1. The molecule has 0 bridgehead atoms. The summed E-state index contributed by atoms with van der Waals surface area (Å²) in [5.41, 5.74) is 3.26. The molecule has 3 rings (SSSR count). The molecule has 1 aromatic heterocycles. The first-order valence-corrected chi connectivity index (χ1v) is 8.68. The van der Waals surface area contributed by atoms with Gasteiger partial charge in [-0.15, -0.1) is 0 Å². The second-order valence-electron chi connectivity index (χ2n) is 6.35. The highest BCUT2D eigenvalue weighted by atomic mass is 16.5. The Balaban J connectivity index is 1.80. The predicted molar refractivity (Wildman–Crippen MR) is 95.5 cm³/mol. The Morgan fingerprint density at radius 2 is 2.00 bits per heavy atom. The standard InChI is InChI=1S/C19H23N3O3/c1-4-13-7-6-8-14(5-2)18(13)22-11-15(10-17(22)23)19(24)20-16-9-12(3)25-21-16/h6-9,15H,4-5,10-11H2,1-3H3,(H,20,21,24)/t15-/m1/s1. The number of carbonyl (C=O) groups excluding carboxylic acids is 2. The van der Waals surface area contributed by atoms with Crippen LogP contribution < -0.4 is 10.2 Å². The van der Waals surface area contributed by atoms with Crippen molar-refractivity contribution < 1.29 is 14.1 Å². The van der Waals surface area contributed by atoms with Crippen molar-refractivity contribution >= 4 is 23.3 Å². The van der Waals surface area contributed by atoms with E-state index < -0.39 is 0 Å². The molecule has 1 fully saturated rings. The van der Waals surface area contributed by atoms with Crippen LogP contribution in [0, 0.1) is 12.8 Å². The van der Waals surface area contributed by atoms with Crippen LogP contribution >= 0.6 is 0 Å². The van der Waals surface area contributed by atoms with Gasteiger partial charge in [-0.2, -0.15) is 0 Å². The molecule has 1 aliphatic heterocycles. The van der Waals surface area contributed by atoms with Gasteiger partial charge in [-0.3, -0.25) is 9.59 Å². The fraction of sp³-hybridized carbons (Fsp3) is 0.421. The summed E-state index contributed by atoms with van der Waals surface area (Å²) in [7, 11) is 0. The normalized spacial score (nSPS) is 17.2. The van der Waals surface area contributed by atoms with Gasteiger partial charge in [-0.05, 0) is 30.9 Å². The summed E-state index contributed by atoms with van der Waals surface area (Å²) in [6.07, 6.45) is 1.91. The fourth-order valence-corrected chi connectivity index (χ4v) is 3.31. The van der Waals surface area contributed by atoms with Gasteiger partial charge in [0.15, 0.2) is 5.82 Å². The molecule has 1 aromatic carbocycles. The van der Waals surface area contributed by atoms with Crippen LogP contribution in [0.1, 0.15) is 37.2 Å². The van der Waals surface area contributed by atoms with Crippen LogP contribution in [-0.2, 0) is 22.4 Å². The summed E-state index contributed by atoms with van der Waals surface area (Å²) in [4.78, 5) is 26.9. The van der Waals surface area contributed by atoms with Crippen LogP contribution in [0.2, 0.25) is 0 Å². The summed E-state index contributed by atoms with van der Waals surface area (Å²) in [6.45, 7) is 6.31. The van der Waals surface area contributed by atoms with E-state index in [1.54, 1.807) is 17.9 Å². The Morgan fingerprint density at radius 3 is 2.56 bits per heavy atom. The average Bonchev–Trinajstić information content (AvgIpc) is 3.19. The largest absolute Gasteiger partial charge is 0.360 e. The molecule has 2 amide bonds. The third kappa shape index (κ3) is 3.43. The van der Waals surface area contributed by atoms with Gasteiger partial charge in [0.2, 0.25) is 11.8 Å². The zero-order chi connectivity index (χ0) is 18.0. The number of amides is 2. The first-order chi connectivity index (χ1) is 12.0. The van der Waals surface area contributed by atoms with E-state index in [2.05, 4.69) is 24.3 Å². The molecule has 0 unspecified atom stereocenters. The predicted octanol–water partition coefficient (Wildman–Crippen LogP) is 3.10. The van der Waals surface area contributed by atoms with Gasteiger partial charge in [0.05, 0.1) is 5.92 Å². The maximum absolute atomic E-state index is 12.6. The second-order valence-corrected chi connectivity index (χ2v) is 6.35. The number of nitrogens with one attached hydrogen (secondary N) is 1. The molecule has 6 nitrogen and oxygen atoms in total. The SMILES string of the molecule is CCc1cccc(CC)c1N1C[C@H](C(=O)Nc2cc(C)on2)CC1=O. The van der Waals surface area contributed by atoms with E-state index in [1.807, 2.05) is 18.2 Å². The van der Waals surface area contributed by atoms with E-state index in [9.17, 15) is 9.59 Å². The van der Waals surface area contributed by atoms with Crippen molar-refractivity contribution in [2.45, 2.75) is 40.0 Å². The van der Waals surface area contributed by atoms with Crippen molar-refractivity contribution in [1.82, 2.24) is 5.16 Å². The van der Waals surface area contributed by atoms with E-state index in [1.165, 1.54) is 0 Å². The number of nitrogens with zero attached hydrogens (tertiary/aromatic N) is 2. The van der Waals surface area contributed by atoms with Crippen LogP contribution in [0.5, 0.6) is 0 Å². The highest BCUT2D eigenvalue weighted by Crippen LogP contribution is 2.32. The molecule has 1 saturated heterocycles. The number of aromatic nitrogens is 1. The lowest BCUT2D eigenvalue weighted by Crippen LogP contribution is -2.29. The lowest BCUT2D eigenvalue weighted by Gasteiger charge is -2.23. The van der Waals surface area contributed by atoms with Crippen molar-refractivity contribution in [2.75, 3.05) is 16.8 Å². The van der Waals surface area contributed by atoms with Crippen LogP contribution in [0.3, 0.4) is 0 Å². The van der Waals surface area contributed by atoms with Crippen LogP contribution in [0.15, 0.2) is 28.8 Å². The van der Waals surface area contributed by atoms with Gasteiger partial charge in [-0.25, -0.2) is 0 Å². The molecular formula is C19H23N3O3. The fourth-order valence-electron chi connectivity index (χ4n) is 3.31. The van der Waals surface area contributed by atoms with Gasteiger partial charge in [-0.1, -0.05) is 37.2 Å². The zero-order valence-corrected chi connectivity index (χ0v) is 14.8. The number of anilines is 2. The molecule has 0 aliphatic carbocycles. The van der Waals surface area contributed by atoms with Crippen LogP contribution in [0.25, 0.3) is 0 Å². The molecule has 132 valence electrons. The minimum atomic E-state index is -0.390. The Kier molecular flexibility index (Phi) is 4.88. The van der Waals surface area contributed by atoms with Gasteiger partial charge in [0.25, 0.3) is 0 Å². The van der Waals surface area contributed by atoms with Gasteiger partial charge < -0.3 is 14.7 Å².